The van der Waals surface area contributed by atoms with Gasteiger partial charge in [0.2, 0.25) is 5.91 Å². The van der Waals surface area contributed by atoms with Crippen LogP contribution in [-0.4, -0.2) is 64.9 Å². The van der Waals surface area contributed by atoms with Crippen LogP contribution in [0.1, 0.15) is 57.8 Å². The third-order valence-electron chi connectivity index (χ3n) is 8.06. The van der Waals surface area contributed by atoms with Crippen molar-refractivity contribution < 1.29 is 19.7 Å². The highest BCUT2D eigenvalue weighted by Gasteiger charge is 2.53. The second-order valence-electron chi connectivity index (χ2n) is 9.68. The number of carbonyl (C=O) groups is 1. The maximum Gasteiger partial charge on any atom is 0.222 e. The molecule has 2 aliphatic carbocycles. The lowest BCUT2D eigenvalue weighted by Crippen LogP contribution is -2.48. The molecule has 28 heavy (non-hydrogen) atoms. The molecule has 4 rings (SSSR count). The lowest BCUT2D eigenvalue weighted by molar-refractivity contribution is -0.136. The summed E-state index contributed by atoms with van der Waals surface area (Å²) in [5, 5.41) is 27.4. The second kappa shape index (κ2) is 7.92. The van der Waals surface area contributed by atoms with Gasteiger partial charge in [0, 0.05) is 30.8 Å². The monoisotopic (exact) mass is 393 g/mol. The number of piperidine rings is 1. The number of carbonyl (C=O) groups excluding carboxylic acids is 1. The predicted octanol–water partition coefficient (Wildman–Crippen LogP) is 1.26. The molecule has 0 aromatic rings. The van der Waals surface area contributed by atoms with E-state index in [1.807, 2.05) is 4.90 Å². The van der Waals surface area contributed by atoms with Crippen molar-refractivity contribution in [1.82, 2.24) is 4.90 Å². The Labute approximate surface area is 167 Å². The maximum absolute atomic E-state index is 12.8. The first-order valence-electron chi connectivity index (χ1n) is 11.0. The van der Waals surface area contributed by atoms with Crippen molar-refractivity contribution in [3.8, 4) is 0 Å². The van der Waals surface area contributed by atoms with Crippen LogP contribution in [0.4, 0.5) is 0 Å². The summed E-state index contributed by atoms with van der Waals surface area (Å²) in [5.41, 5.74) is 5.93. The number of amides is 1. The third-order valence-corrected chi connectivity index (χ3v) is 8.06. The van der Waals surface area contributed by atoms with Crippen molar-refractivity contribution in [2.75, 3.05) is 19.7 Å². The number of fused-ring (bicyclic) bond motifs is 2. The van der Waals surface area contributed by atoms with Crippen molar-refractivity contribution in [3.05, 3.63) is 0 Å². The number of aliphatic hydroxyl groups is 2. The van der Waals surface area contributed by atoms with Crippen LogP contribution in [0.25, 0.3) is 0 Å². The minimum Gasteiger partial charge on any atom is -0.390 e. The average Bonchev–Trinajstić information content (AvgIpc) is 3.03. The Hall–Kier alpha value is -1.18. The van der Waals surface area contributed by atoms with E-state index in [1.165, 1.54) is 0 Å². The van der Waals surface area contributed by atoms with Crippen LogP contribution < -0.4 is 5.73 Å². The fourth-order valence-electron chi connectivity index (χ4n) is 6.14. The minimum absolute atomic E-state index is 0.140. The molecule has 6 atom stereocenters. The molecule has 7 nitrogen and oxygen atoms in total. The first-order chi connectivity index (χ1) is 13.4. The van der Waals surface area contributed by atoms with E-state index in [9.17, 15) is 15.0 Å². The van der Waals surface area contributed by atoms with Gasteiger partial charge in [-0.2, -0.15) is 0 Å². The summed E-state index contributed by atoms with van der Waals surface area (Å²) < 4.78 is 6.15. The zero-order chi connectivity index (χ0) is 19.9. The zero-order valence-corrected chi connectivity index (χ0v) is 16.7. The molecular formula is C21H35N3O4. The van der Waals surface area contributed by atoms with E-state index in [1.54, 1.807) is 0 Å². The molecule has 158 valence electrons. The van der Waals surface area contributed by atoms with Crippen LogP contribution in [-0.2, 0) is 9.53 Å². The molecule has 2 saturated carbocycles. The van der Waals surface area contributed by atoms with Crippen molar-refractivity contribution >= 4 is 11.7 Å². The number of rotatable bonds is 3. The summed E-state index contributed by atoms with van der Waals surface area (Å²) in [6, 6.07) is 0. The van der Waals surface area contributed by atoms with Crippen LogP contribution in [0.3, 0.4) is 0 Å². The summed E-state index contributed by atoms with van der Waals surface area (Å²) in [6.45, 7) is 2.32. The summed E-state index contributed by atoms with van der Waals surface area (Å²) >= 11 is 0. The lowest BCUT2D eigenvalue weighted by Gasteiger charge is -2.45. The summed E-state index contributed by atoms with van der Waals surface area (Å²) in [4.78, 5) is 14.8. The van der Waals surface area contributed by atoms with E-state index >= 15 is 0 Å². The quantitative estimate of drug-likeness (QED) is 0.425. The second-order valence-corrected chi connectivity index (χ2v) is 9.68. The molecule has 2 saturated heterocycles. The van der Waals surface area contributed by atoms with E-state index in [2.05, 4.69) is 0 Å². The molecule has 4 aliphatic rings. The molecule has 1 amide bonds. The Morgan fingerprint density at radius 2 is 1.86 bits per heavy atom. The minimum atomic E-state index is -0.690. The first-order valence-corrected chi connectivity index (χ1v) is 11.0. The molecule has 0 bridgehead atoms. The molecular weight excluding hydrogens is 358 g/mol. The Kier molecular flexibility index (Phi) is 5.69. The van der Waals surface area contributed by atoms with Gasteiger partial charge in [0.1, 0.15) is 0 Å². The molecule has 7 heteroatoms. The van der Waals surface area contributed by atoms with Gasteiger partial charge < -0.3 is 25.6 Å². The van der Waals surface area contributed by atoms with Crippen LogP contribution in [0.2, 0.25) is 0 Å². The molecule has 2 aliphatic heterocycles. The average molecular weight is 394 g/mol. The van der Waals surface area contributed by atoms with Gasteiger partial charge in [0.15, 0.2) is 0 Å². The third kappa shape index (κ3) is 3.81. The molecule has 1 spiro atoms. The number of likely N-dealkylation sites (tertiary alicyclic amines) is 1. The highest BCUT2D eigenvalue weighted by Crippen LogP contribution is 2.52. The van der Waals surface area contributed by atoms with Crippen molar-refractivity contribution in [2.45, 2.75) is 76.1 Å². The molecule has 6 unspecified atom stereocenters. The van der Waals surface area contributed by atoms with E-state index in [4.69, 9.17) is 15.9 Å². The van der Waals surface area contributed by atoms with Gasteiger partial charge in [-0.3, -0.25) is 10.2 Å². The van der Waals surface area contributed by atoms with Crippen LogP contribution in [0, 0.1) is 28.6 Å². The number of nitrogens with zero attached hydrogens (tertiary/aromatic N) is 1. The fourth-order valence-corrected chi connectivity index (χ4v) is 6.14. The van der Waals surface area contributed by atoms with Gasteiger partial charge in [0.05, 0.1) is 30.8 Å². The Balaban J connectivity index is 1.31. The van der Waals surface area contributed by atoms with Crippen molar-refractivity contribution in [1.29, 1.82) is 5.41 Å². The van der Waals surface area contributed by atoms with Gasteiger partial charge in [-0.15, -0.1) is 0 Å². The molecule has 5 N–H and O–H groups in total. The summed E-state index contributed by atoms with van der Waals surface area (Å²) in [5.74, 6) is 1.32. The molecule has 0 radical (unpaired) electrons. The van der Waals surface area contributed by atoms with E-state index in [-0.39, 0.29) is 23.2 Å². The van der Waals surface area contributed by atoms with E-state index in [0.717, 1.165) is 58.2 Å². The van der Waals surface area contributed by atoms with Gasteiger partial charge in [-0.05, 0) is 63.2 Å². The Morgan fingerprint density at radius 1 is 1.11 bits per heavy atom. The Morgan fingerprint density at radius 3 is 2.54 bits per heavy atom. The van der Waals surface area contributed by atoms with Gasteiger partial charge >= 0.3 is 0 Å². The standard InChI is InChI=1S/C21H35N3O4/c22-20(23)14-2-4-18-15(11-14)21(12-28-18)5-7-24(8-6-21)19(27)10-13-1-3-16(25)17(26)9-13/h13-18,25-26H,1-12H2,(H3,22,23). The largest absolute Gasteiger partial charge is 0.390 e. The van der Waals surface area contributed by atoms with Crippen molar-refractivity contribution in [3.63, 3.8) is 0 Å². The van der Waals surface area contributed by atoms with E-state index < -0.39 is 12.2 Å². The SMILES string of the molecule is N=C(N)C1CCC2OCC3(CCN(C(=O)CC4CCC(O)C(O)C4)CC3)C2C1. The highest BCUT2D eigenvalue weighted by molar-refractivity contribution is 5.79. The number of ether oxygens (including phenoxy) is 1. The smallest absolute Gasteiger partial charge is 0.222 e. The normalized spacial score (nSPS) is 40.3. The number of aliphatic hydroxyl groups excluding tert-OH is 2. The number of amidine groups is 1. The van der Waals surface area contributed by atoms with Crippen LogP contribution in [0.5, 0.6) is 0 Å². The first kappa shape index (κ1) is 20.1. The summed E-state index contributed by atoms with van der Waals surface area (Å²) in [6.07, 6.45) is 6.21. The topological polar surface area (TPSA) is 120 Å². The van der Waals surface area contributed by atoms with Gasteiger partial charge in [-0.25, -0.2) is 0 Å². The maximum atomic E-state index is 12.8. The molecule has 2 heterocycles. The highest BCUT2D eigenvalue weighted by atomic mass is 16.5. The van der Waals surface area contributed by atoms with E-state index in [0.29, 0.717) is 37.1 Å². The summed E-state index contributed by atoms with van der Waals surface area (Å²) in [7, 11) is 0. The van der Waals surface area contributed by atoms with Crippen LogP contribution >= 0.6 is 0 Å². The lowest BCUT2D eigenvalue weighted by atomic mass is 9.63. The van der Waals surface area contributed by atoms with Crippen LogP contribution in [0.15, 0.2) is 0 Å². The molecule has 0 aromatic heterocycles. The number of hydrogen-bond donors (Lipinski definition) is 4. The fraction of sp³-hybridized carbons (Fsp3) is 0.905. The van der Waals surface area contributed by atoms with Gasteiger partial charge in [0.25, 0.3) is 0 Å². The predicted molar refractivity (Wildman–Crippen MR) is 105 cm³/mol. The number of hydrogen-bond acceptors (Lipinski definition) is 5. The zero-order valence-electron chi connectivity index (χ0n) is 16.7. The Bertz CT molecular complexity index is 604. The number of nitrogens with one attached hydrogen (secondary N) is 1. The van der Waals surface area contributed by atoms with Crippen molar-refractivity contribution in [2.24, 2.45) is 28.9 Å². The molecule has 4 fully saturated rings. The molecule has 0 aromatic carbocycles. The number of nitrogens with two attached hydrogens (primary N) is 1. The van der Waals surface area contributed by atoms with Gasteiger partial charge in [-0.1, -0.05) is 0 Å².